The van der Waals surface area contributed by atoms with Crippen LogP contribution >= 0.6 is 11.6 Å². The van der Waals surface area contributed by atoms with Crippen LogP contribution in [0.25, 0.3) is 22.4 Å². The molecule has 0 radical (unpaired) electrons. The fourth-order valence-corrected chi connectivity index (χ4v) is 2.93. The number of fused-ring (bicyclic) bond motifs is 1. The Morgan fingerprint density at radius 1 is 1.24 bits per heavy atom. The Labute approximate surface area is 125 Å². The summed E-state index contributed by atoms with van der Waals surface area (Å²) in [4.78, 5) is 4.56. The van der Waals surface area contributed by atoms with Gasteiger partial charge in [-0.1, -0.05) is 17.7 Å². The number of hydrogen-bond donors (Lipinski definition) is 1. The van der Waals surface area contributed by atoms with Gasteiger partial charge < -0.3 is 9.67 Å². The first-order valence-corrected chi connectivity index (χ1v) is 7.18. The quantitative estimate of drug-likeness (QED) is 0.755. The Hall–Kier alpha value is -2.07. The predicted octanol–water partition coefficient (Wildman–Crippen LogP) is 4.54. The molecule has 106 valence electrons. The van der Waals surface area contributed by atoms with E-state index in [4.69, 9.17) is 11.6 Å². The van der Waals surface area contributed by atoms with Crippen molar-refractivity contribution in [2.75, 3.05) is 0 Å². The van der Waals surface area contributed by atoms with E-state index >= 15 is 0 Å². The van der Waals surface area contributed by atoms with Crippen LogP contribution < -0.4 is 0 Å². The number of aromatic hydroxyl groups is 1. The molecular formula is C16H12ClFN2O. The van der Waals surface area contributed by atoms with Crippen LogP contribution in [0.5, 0.6) is 5.75 Å². The Balaban J connectivity index is 2.07. The molecule has 0 atom stereocenters. The van der Waals surface area contributed by atoms with Crippen molar-refractivity contribution in [1.29, 1.82) is 0 Å². The minimum Gasteiger partial charge on any atom is -0.507 e. The molecule has 1 aliphatic carbocycles. The van der Waals surface area contributed by atoms with E-state index in [1.54, 1.807) is 0 Å². The third kappa shape index (κ3) is 1.98. The summed E-state index contributed by atoms with van der Waals surface area (Å²) in [6.07, 6.45) is 2.08. The molecular weight excluding hydrogens is 291 g/mol. The van der Waals surface area contributed by atoms with E-state index in [-0.39, 0.29) is 5.75 Å². The van der Waals surface area contributed by atoms with Gasteiger partial charge in [-0.15, -0.1) is 0 Å². The van der Waals surface area contributed by atoms with Crippen molar-refractivity contribution in [3.63, 3.8) is 0 Å². The van der Waals surface area contributed by atoms with E-state index in [0.29, 0.717) is 22.5 Å². The van der Waals surface area contributed by atoms with Gasteiger partial charge in [0.25, 0.3) is 0 Å². The molecule has 4 rings (SSSR count). The van der Waals surface area contributed by atoms with Gasteiger partial charge in [0.15, 0.2) is 0 Å². The van der Waals surface area contributed by atoms with Gasteiger partial charge in [-0.25, -0.2) is 9.37 Å². The molecule has 0 unspecified atom stereocenters. The maximum atomic E-state index is 13.5. The van der Waals surface area contributed by atoms with Crippen LogP contribution in [0.4, 0.5) is 4.39 Å². The molecule has 1 N–H and O–H groups in total. The predicted molar refractivity (Wildman–Crippen MR) is 80.1 cm³/mol. The highest BCUT2D eigenvalue weighted by molar-refractivity contribution is 6.35. The highest BCUT2D eigenvalue weighted by atomic mass is 35.5. The summed E-state index contributed by atoms with van der Waals surface area (Å²) in [7, 11) is 0. The monoisotopic (exact) mass is 302 g/mol. The standard InChI is InChI=1S/C16H12ClFN2O/c17-12-2-1-3-13-15(12)20(10-5-6-10)16(19-13)11-8-9(18)4-7-14(11)21/h1-4,7-8,10,21H,5-6H2. The molecule has 1 fully saturated rings. The van der Waals surface area contributed by atoms with Gasteiger partial charge in [0.1, 0.15) is 17.4 Å². The van der Waals surface area contributed by atoms with Crippen LogP contribution in [0, 0.1) is 5.82 Å². The van der Waals surface area contributed by atoms with Crippen LogP contribution in [-0.4, -0.2) is 14.7 Å². The molecule has 1 aliphatic rings. The zero-order valence-electron chi connectivity index (χ0n) is 11.1. The maximum Gasteiger partial charge on any atom is 0.145 e. The molecule has 0 spiro atoms. The highest BCUT2D eigenvalue weighted by Crippen LogP contribution is 2.44. The Kier molecular flexibility index (Phi) is 2.69. The average Bonchev–Trinajstić information content (AvgIpc) is 3.22. The van der Waals surface area contributed by atoms with Gasteiger partial charge in [-0.2, -0.15) is 0 Å². The van der Waals surface area contributed by atoms with Crippen LogP contribution in [0.3, 0.4) is 0 Å². The zero-order chi connectivity index (χ0) is 14.6. The van der Waals surface area contributed by atoms with Gasteiger partial charge in [-0.05, 0) is 43.2 Å². The van der Waals surface area contributed by atoms with Gasteiger partial charge >= 0.3 is 0 Å². The lowest BCUT2D eigenvalue weighted by atomic mass is 10.2. The fraction of sp³-hybridized carbons (Fsp3) is 0.188. The molecule has 1 heterocycles. The topological polar surface area (TPSA) is 38.1 Å². The van der Waals surface area contributed by atoms with Crippen LogP contribution in [0.15, 0.2) is 36.4 Å². The molecule has 1 aromatic heterocycles. The number of hydrogen-bond acceptors (Lipinski definition) is 2. The van der Waals surface area contributed by atoms with E-state index < -0.39 is 5.82 Å². The smallest absolute Gasteiger partial charge is 0.145 e. The number of rotatable bonds is 2. The van der Waals surface area contributed by atoms with Crippen LogP contribution in [-0.2, 0) is 0 Å². The maximum absolute atomic E-state index is 13.5. The van der Waals surface area contributed by atoms with Crippen molar-refractivity contribution in [1.82, 2.24) is 9.55 Å². The van der Waals surface area contributed by atoms with Crippen molar-refractivity contribution in [2.45, 2.75) is 18.9 Å². The number of para-hydroxylation sites is 1. The SMILES string of the molecule is Oc1ccc(F)cc1-c1nc2cccc(Cl)c2n1C1CC1. The lowest BCUT2D eigenvalue weighted by molar-refractivity contribution is 0.474. The molecule has 1 saturated carbocycles. The minimum atomic E-state index is -0.400. The second kappa shape index (κ2) is 4.46. The first-order valence-electron chi connectivity index (χ1n) is 6.80. The van der Waals surface area contributed by atoms with Gasteiger partial charge in [0.2, 0.25) is 0 Å². The number of phenols is 1. The zero-order valence-corrected chi connectivity index (χ0v) is 11.8. The number of imidazole rings is 1. The van der Waals surface area contributed by atoms with Crippen molar-refractivity contribution in [3.8, 4) is 17.1 Å². The number of benzene rings is 2. The fourth-order valence-electron chi connectivity index (χ4n) is 2.67. The van der Waals surface area contributed by atoms with Crippen molar-refractivity contribution >= 4 is 22.6 Å². The second-order valence-electron chi connectivity index (χ2n) is 5.31. The molecule has 21 heavy (non-hydrogen) atoms. The normalized spacial score (nSPS) is 14.8. The Morgan fingerprint density at radius 2 is 2.05 bits per heavy atom. The van der Waals surface area contributed by atoms with Gasteiger partial charge in [-0.3, -0.25) is 0 Å². The van der Waals surface area contributed by atoms with Crippen molar-refractivity contribution in [2.24, 2.45) is 0 Å². The summed E-state index contributed by atoms with van der Waals surface area (Å²) in [5.41, 5.74) is 2.00. The molecule has 3 nitrogen and oxygen atoms in total. The Morgan fingerprint density at radius 3 is 2.81 bits per heavy atom. The average molecular weight is 303 g/mol. The van der Waals surface area contributed by atoms with Crippen LogP contribution in [0.2, 0.25) is 5.02 Å². The van der Waals surface area contributed by atoms with Crippen molar-refractivity contribution in [3.05, 3.63) is 47.2 Å². The van der Waals surface area contributed by atoms with E-state index in [0.717, 1.165) is 23.9 Å². The third-order valence-electron chi connectivity index (χ3n) is 3.77. The number of nitrogens with zero attached hydrogens (tertiary/aromatic N) is 2. The number of phenolic OH excluding ortho intramolecular Hbond substituents is 1. The van der Waals surface area contributed by atoms with Crippen molar-refractivity contribution < 1.29 is 9.50 Å². The lowest BCUT2D eigenvalue weighted by Gasteiger charge is -2.09. The Bertz CT molecular complexity index is 855. The molecule has 0 bridgehead atoms. The number of halogens is 2. The summed E-state index contributed by atoms with van der Waals surface area (Å²) in [5.74, 6) is 0.186. The van der Waals surface area contributed by atoms with E-state index in [9.17, 15) is 9.50 Å². The minimum absolute atomic E-state index is 0.0183. The van der Waals surface area contributed by atoms with Gasteiger partial charge in [0, 0.05) is 6.04 Å². The molecule has 0 aliphatic heterocycles. The summed E-state index contributed by atoms with van der Waals surface area (Å²) in [5, 5.41) is 10.7. The summed E-state index contributed by atoms with van der Waals surface area (Å²) in [6, 6.07) is 9.74. The van der Waals surface area contributed by atoms with E-state index in [1.165, 1.54) is 18.2 Å². The van der Waals surface area contributed by atoms with Gasteiger partial charge in [0.05, 0.1) is 21.6 Å². The van der Waals surface area contributed by atoms with Crippen LogP contribution in [0.1, 0.15) is 18.9 Å². The highest BCUT2D eigenvalue weighted by Gasteiger charge is 2.30. The largest absolute Gasteiger partial charge is 0.507 e. The molecule has 2 aromatic carbocycles. The summed E-state index contributed by atoms with van der Waals surface area (Å²) < 4.78 is 15.6. The van der Waals surface area contributed by atoms with E-state index in [2.05, 4.69) is 4.98 Å². The first-order chi connectivity index (χ1) is 10.1. The van der Waals surface area contributed by atoms with E-state index in [1.807, 2.05) is 22.8 Å². The third-order valence-corrected chi connectivity index (χ3v) is 4.08. The summed E-state index contributed by atoms with van der Waals surface area (Å²) in [6.45, 7) is 0. The number of aromatic nitrogens is 2. The molecule has 3 aromatic rings. The molecule has 5 heteroatoms. The molecule has 0 saturated heterocycles. The molecule has 0 amide bonds. The lowest BCUT2D eigenvalue weighted by Crippen LogP contribution is -1.98. The summed E-state index contributed by atoms with van der Waals surface area (Å²) >= 11 is 6.31. The first kappa shape index (κ1) is 12.7. The second-order valence-corrected chi connectivity index (χ2v) is 5.71.